The summed E-state index contributed by atoms with van der Waals surface area (Å²) < 4.78 is 25.0. The van der Waals surface area contributed by atoms with Gasteiger partial charge in [0, 0.05) is 49.7 Å². The highest BCUT2D eigenvalue weighted by atomic mass is 32.2. The van der Waals surface area contributed by atoms with Gasteiger partial charge in [-0.15, -0.1) is 0 Å². The van der Waals surface area contributed by atoms with Crippen molar-refractivity contribution < 1.29 is 8.42 Å². The van der Waals surface area contributed by atoms with Crippen molar-refractivity contribution in [3.8, 4) is 0 Å². The third-order valence-electron chi connectivity index (χ3n) is 10.9. The molecule has 3 heterocycles. The molecule has 4 fully saturated rings. The Labute approximate surface area is 235 Å². The van der Waals surface area contributed by atoms with E-state index in [4.69, 9.17) is 0 Å². The highest BCUT2D eigenvalue weighted by molar-refractivity contribution is 7.92. The first-order chi connectivity index (χ1) is 18.9. The van der Waals surface area contributed by atoms with E-state index < -0.39 is 9.84 Å². The quantitative estimate of drug-likeness (QED) is 0.468. The van der Waals surface area contributed by atoms with E-state index in [2.05, 4.69) is 46.0 Å². The van der Waals surface area contributed by atoms with Gasteiger partial charge in [-0.1, -0.05) is 37.1 Å². The molecule has 0 bridgehead atoms. The maximum Gasteiger partial charge on any atom is 0.181 e. The van der Waals surface area contributed by atoms with E-state index in [0.717, 1.165) is 44.3 Å². The van der Waals surface area contributed by atoms with Crippen LogP contribution in [0.4, 0.5) is 5.69 Å². The fourth-order valence-corrected chi connectivity index (χ4v) is 10.4. The topological polar surface area (TPSA) is 43.9 Å². The lowest BCUT2D eigenvalue weighted by molar-refractivity contribution is 0.0420. The van der Waals surface area contributed by atoms with Crippen LogP contribution < -0.4 is 4.90 Å². The summed E-state index contributed by atoms with van der Waals surface area (Å²) in [5.41, 5.74) is 4.77. The Hall–Kier alpha value is -1.89. The van der Waals surface area contributed by atoms with Crippen molar-refractivity contribution in [1.82, 2.24) is 9.80 Å². The standard InChI is InChI=1S/C33H45N3O2S/c1-34-23-26-6-2-5-9-32(26)33(24-34,27-7-3-4-8-27)28-16-18-35(19-17-28)20-25-21-36(22-25)29-10-12-30(13-11-29)39(37,38)31-14-15-31/h2,5-6,9-13,25,27-28,31H,3-4,7-8,14-24H2,1H3. The van der Waals surface area contributed by atoms with Crippen LogP contribution in [0.15, 0.2) is 53.4 Å². The van der Waals surface area contributed by atoms with E-state index in [1.165, 1.54) is 70.4 Å². The molecule has 5 nitrogen and oxygen atoms in total. The molecule has 210 valence electrons. The van der Waals surface area contributed by atoms with E-state index in [-0.39, 0.29) is 5.25 Å². The van der Waals surface area contributed by atoms with Gasteiger partial charge in [-0.25, -0.2) is 8.42 Å². The molecule has 2 aromatic rings. The van der Waals surface area contributed by atoms with Crippen LogP contribution >= 0.6 is 0 Å². The van der Waals surface area contributed by atoms with Gasteiger partial charge in [0.05, 0.1) is 10.1 Å². The molecule has 2 saturated carbocycles. The number of likely N-dealkylation sites (tertiary alicyclic amines) is 1. The molecule has 5 aliphatic rings. The number of nitrogens with zero attached hydrogens (tertiary/aromatic N) is 3. The SMILES string of the molecule is CN1Cc2ccccc2C(C2CCCC2)(C2CCN(CC3CN(c4ccc(S(=O)(=O)C5CC5)cc4)C3)CC2)C1. The fourth-order valence-electron chi connectivity index (χ4n) is 8.77. The second-order valence-electron chi connectivity index (χ2n) is 13.4. The number of benzene rings is 2. The number of rotatable bonds is 7. The molecule has 0 amide bonds. The van der Waals surface area contributed by atoms with Crippen molar-refractivity contribution in [3.63, 3.8) is 0 Å². The van der Waals surface area contributed by atoms with Crippen LogP contribution in [-0.4, -0.2) is 69.8 Å². The second kappa shape index (κ2) is 10.2. The maximum atomic E-state index is 12.5. The predicted octanol–water partition coefficient (Wildman–Crippen LogP) is 5.34. The molecular formula is C33H45N3O2S. The fraction of sp³-hybridized carbons (Fsp3) is 0.636. The van der Waals surface area contributed by atoms with Gasteiger partial charge in [-0.2, -0.15) is 0 Å². The zero-order valence-electron chi connectivity index (χ0n) is 23.6. The Bertz CT molecular complexity index is 1270. The lowest BCUT2D eigenvalue weighted by Crippen LogP contribution is -2.56. The second-order valence-corrected chi connectivity index (χ2v) is 15.7. The number of likely N-dealkylation sites (N-methyl/N-ethyl adjacent to an activating group) is 1. The Balaban J connectivity index is 0.971. The monoisotopic (exact) mass is 547 g/mol. The Morgan fingerprint density at radius 1 is 0.846 bits per heavy atom. The van der Waals surface area contributed by atoms with E-state index in [1.54, 1.807) is 11.1 Å². The van der Waals surface area contributed by atoms with Crippen LogP contribution in [-0.2, 0) is 21.8 Å². The minimum Gasteiger partial charge on any atom is -0.371 e. The molecule has 2 saturated heterocycles. The van der Waals surface area contributed by atoms with E-state index in [9.17, 15) is 8.42 Å². The molecule has 39 heavy (non-hydrogen) atoms. The summed E-state index contributed by atoms with van der Waals surface area (Å²) in [5, 5.41) is -0.136. The van der Waals surface area contributed by atoms with Crippen molar-refractivity contribution in [3.05, 3.63) is 59.7 Å². The van der Waals surface area contributed by atoms with Gasteiger partial charge in [-0.3, -0.25) is 0 Å². The number of fused-ring (bicyclic) bond motifs is 1. The minimum atomic E-state index is -3.10. The molecule has 3 aliphatic heterocycles. The van der Waals surface area contributed by atoms with Crippen molar-refractivity contribution >= 4 is 15.5 Å². The summed E-state index contributed by atoms with van der Waals surface area (Å²) in [7, 11) is -0.753. The van der Waals surface area contributed by atoms with Gasteiger partial charge < -0.3 is 14.7 Å². The first-order valence-corrected chi connectivity index (χ1v) is 17.1. The lowest BCUT2D eigenvalue weighted by Gasteiger charge is -2.54. The van der Waals surface area contributed by atoms with Crippen molar-refractivity contribution in [2.24, 2.45) is 17.8 Å². The van der Waals surface area contributed by atoms with E-state index >= 15 is 0 Å². The minimum absolute atomic E-state index is 0.136. The molecule has 2 aliphatic carbocycles. The van der Waals surface area contributed by atoms with Crippen molar-refractivity contribution in [2.75, 3.05) is 51.2 Å². The summed E-state index contributed by atoms with van der Waals surface area (Å²) in [4.78, 5) is 8.26. The number of anilines is 1. The Morgan fingerprint density at radius 3 is 2.21 bits per heavy atom. The Kier molecular flexibility index (Phi) is 6.80. The average Bonchev–Trinajstić information content (AvgIpc) is 3.65. The predicted molar refractivity (Wildman–Crippen MR) is 158 cm³/mol. The summed E-state index contributed by atoms with van der Waals surface area (Å²) in [6.45, 7) is 8.16. The van der Waals surface area contributed by atoms with Gasteiger partial charge in [0.25, 0.3) is 0 Å². The third-order valence-corrected chi connectivity index (χ3v) is 13.1. The number of sulfone groups is 1. The molecule has 2 aromatic carbocycles. The first kappa shape index (κ1) is 26.0. The average molecular weight is 548 g/mol. The molecule has 1 unspecified atom stereocenters. The van der Waals surface area contributed by atoms with Gasteiger partial charge >= 0.3 is 0 Å². The molecule has 1 atom stereocenters. The van der Waals surface area contributed by atoms with Gasteiger partial charge in [-0.05, 0) is 106 Å². The Morgan fingerprint density at radius 2 is 1.51 bits per heavy atom. The van der Waals surface area contributed by atoms with E-state index in [0.29, 0.717) is 16.2 Å². The summed E-state index contributed by atoms with van der Waals surface area (Å²) in [6, 6.07) is 17.1. The van der Waals surface area contributed by atoms with Crippen LogP contribution in [0.25, 0.3) is 0 Å². The van der Waals surface area contributed by atoms with Crippen molar-refractivity contribution in [2.45, 2.75) is 73.5 Å². The number of hydrogen-bond donors (Lipinski definition) is 0. The largest absolute Gasteiger partial charge is 0.371 e. The number of piperidine rings is 1. The highest BCUT2D eigenvalue weighted by Gasteiger charge is 2.51. The van der Waals surface area contributed by atoms with Crippen LogP contribution in [0.2, 0.25) is 0 Å². The van der Waals surface area contributed by atoms with Crippen LogP contribution in [0.1, 0.15) is 62.5 Å². The van der Waals surface area contributed by atoms with Gasteiger partial charge in [0.15, 0.2) is 9.84 Å². The molecule has 6 heteroatoms. The van der Waals surface area contributed by atoms with E-state index in [1.807, 2.05) is 24.3 Å². The smallest absolute Gasteiger partial charge is 0.181 e. The van der Waals surface area contributed by atoms with Crippen molar-refractivity contribution in [1.29, 1.82) is 0 Å². The highest BCUT2D eigenvalue weighted by Crippen LogP contribution is 2.53. The zero-order valence-corrected chi connectivity index (χ0v) is 24.4. The van der Waals surface area contributed by atoms with Gasteiger partial charge in [0.2, 0.25) is 0 Å². The maximum absolute atomic E-state index is 12.5. The first-order valence-electron chi connectivity index (χ1n) is 15.5. The van der Waals surface area contributed by atoms with Crippen LogP contribution in [0, 0.1) is 17.8 Å². The lowest BCUT2D eigenvalue weighted by atomic mass is 9.57. The number of hydrogen-bond acceptors (Lipinski definition) is 5. The molecule has 0 radical (unpaired) electrons. The summed E-state index contributed by atoms with van der Waals surface area (Å²) in [6.07, 6.45) is 9.94. The van der Waals surface area contributed by atoms with Gasteiger partial charge in [0.1, 0.15) is 0 Å². The zero-order chi connectivity index (χ0) is 26.6. The molecule has 0 aromatic heterocycles. The molecule has 0 spiro atoms. The van der Waals surface area contributed by atoms with Crippen LogP contribution in [0.5, 0.6) is 0 Å². The summed E-state index contributed by atoms with van der Waals surface area (Å²) in [5.74, 6) is 2.33. The summed E-state index contributed by atoms with van der Waals surface area (Å²) >= 11 is 0. The third kappa shape index (κ3) is 4.74. The molecule has 0 N–H and O–H groups in total. The normalized spacial score (nSPS) is 28.0. The molecule has 7 rings (SSSR count). The molecular weight excluding hydrogens is 502 g/mol. The van der Waals surface area contributed by atoms with Crippen LogP contribution in [0.3, 0.4) is 0 Å².